The van der Waals surface area contributed by atoms with Gasteiger partial charge in [0.15, 0.2) is 0 Å². The van der Waals surface area contributed by atoms with Crippen molar-refractivity contribution in [1.29, 1.82) is 0 Å². The van der Waals surface area contributed by atoms with Crippen LogP contribution in [0.15, 0.2) is 0 Å². The summed E-state index contributed by atoms with van der Waals surface area (Å²) in [5, 5.41) is 21.0. The lowest BCUT2D eigenvalue weighted by molar-refractivity contribution is -0.142. The number of amides is 2. The fourth-order valence-corrected chi connectivity index (χ4v) is 2.55. The van der Waals surface area contributed by atoms with Gasteiger partial charge in [0.2, 0.25) is 0 Å². The van der Waals surface area contributed by atoms with Crippen LogP contribution in [0.1, 0.15) is 46.5 Å². The molecule has 0 saturated heterocycles. The molecule has 6 nitrogen and oxygen atoms in total. The summed E-state index contributed by atoms with van der Waals surface area (Å²) in [7, 11) is 0. The van der Waals surface area contributed by atoms with Crippen molar-refractivity contribution in [2.45, 2.75) is 52.5 Å². The summed E-state index contributed by atoms with van der Waals surface area (Å²) < 4.78 is 0. The molecule has 1 aliphatic carbocycles. The molecule has 1 fully saturated rings. The summed E-state index contributed by atoms with van der Waals surface area (Å²) in [6, 6.07) is -0.0862. The van der Waals surface area contributed by atoms with E-state index in [1.54, 1.807) is 4.90 Å². The van der Waals surface area contributed by atoms with E-state index in [-0.39, 0.29) is 30.6 Å². The number of carbonyl (C=O) groups excluding carboxylic acids is 1. The van der Waals surface area contributed by atoms with Crippen LogP contribution in [-0.4, -0.2) is 52.9 Å². The van der Waals surface area contributed by atoms with Crippen LogP contribution < -0.4 is 5.32 Å². The van der Waals surface area contributed by atoms with Crippen LogP contribution in [0, 0.1) is 11.3 Å². The van der Waals surface area contributed by atoms with E-state index in [1.807, 2.05) is 20.8 Å². The molecule has 122 valence electrons. The number of nitrogens with one attached hydrogen (secondary N) is 1. The van der Waals surface area contributed by atoms with Crippen LogP contribution >= 0.6 is 0 Å². The summed E-state index contributed by atoms with van der Waals surface area (Å²) in [6.45, 7) is 6.30. The lowest BCUT2D eigenvalue weighted by Gasteiger charge is -2.37. The van der Waals surface area contributed by atoms with Crippen LogP contribution in [0.3, 0.4) is 0 Å². The highest BCUT2D eigenvalue weighted by molar-refractivity contribution is 5.76. The first-order valence-electron chi connectivity index (χ1n) is 7.62. The van der Waals surface area contributed by atoms with Gasteiger partial charge in [0, 0.05) is 19.1 Å². The van der Waals surface area contributed by atoms with Gasteiger partial charge in [-0.25, -0.2) is 4.79 Å². The van der Waals surface area contributed by atoms with Gasteiger partial charge >= 0.3 is 12.0 Å². The highest BCUT2D eigenvalue weighted by Gasteiger charge is 2.30. The minimum absolute atomic E-state index is 0.0751. The van der Waals surface area contributed by atoms with Crippen molar-refractivity contribution in [3.8, 4) is 0 Å². The average Bonchev–Trinajstić information content (AvgIpc) is 2.29. The second-order valence-electron chi connectivity index (χ2n) is 6.99. The average molecular weight is 300 g/mol. The van der Waals surface area contributed by atoms with E-state index in [2.05, 4.69) is 5.32 Å². The van der Waals surface area contributed by atoms with E-state index >= 15 is 0 Å². The zero-order chi connectivity index (χ0) is 16.0. The van der Waals surface area contributed by atoms with Crippen molar-refractivity contribution in [3.05, 3.63) is 0 Å². The molecule has 0 spiro atoms. The number of carboxylic acids is 1. The Balaban J connectivity index is 2.52. The van der Waals surface area contributed by atoms with Crippen LogP contribution in [0.4, 0.5) is 4.79 Å². The van der Waals surface area contributed by atoms with Gasteiger partial charge in [-0.1, -0.05) is 20.8 Å². The maximum absolute atomic E-state index is 12.2. The van der Waals surface area contributed by atoms with Crippen molar-refractivity contribution in [3.63, 3.8) is 0 Å². The molecule has 1 unspecified atom stereocenters. The zero-order valence-electron chi connectivity index (χ0n) is 13.3. The minimum atomic E-state index is -0.887. The minimum Gasteiger partial charge on any atom is -0.481 e. The summed E-state index contributed by atoms with van der Waals surface area (Å²) in [4.78, 5) is 25.1. The molecule has 0 bridgehead atoms. The SMILES string of the molecule is CC(C)(C)CC(CNC(=O)N(CCO)C1CCC1)C(=O)O. The maximum atomic E-state index is 12.2. The number of hydrogen-bond donors (Lipinski definition) is 3. The second kappa shape index (κ2) is 7.64. The Morgan fingerprint density at radius 3 is 2.33 bits per heavy atom. The third kappa shape index (κ3) is 5.91. The summed E-state index contributed by atoms with van der Waals surface area (Å²) in [6.07, 6.45) is 3.52. The molecular weight excluding hydrogens is 272 g/mol. The summed E-state index contributed by atoms with van der Waals surface area (Å²) in [5.74, 6) is -1.48. The zero-order valence-corrected chi connectivity index (χ0v) is 13.3. The molecule has 0 aromatic rings. The maximum Gasteiger partial charge on any atom is 0.317 e. The number of nitrogens with zero attached hydrogens (tertiary/aromatic N) is 1. The van der Waals surface area contributed by atoms with Gasteiger partial charge in [-0.3, -0.25) is 4.79 Å². The first-order valence-corrected chi connectivity index (χ1v) is 7.62. The Kier molecular flexibility index (Phi) is 6.45. The number of aliphatic carboxylic acids is 1. The van der Waals surface area contributed by atoms with Crippen LogP contribution in [0.2, 0.25) is 0 Å². The molecule has 1 rings (SSSR count). The molecule has 1 aliphatic rings. The third-order valence-corrected chi connectivity index (χ3v) is 3.82. The van der Waals surface area contributed by atoms with Crippen LogP contribution in [0.5, 0.6) is 0 Å². The van der Waals surface area contributed by atoms with Crippen molar-refractivity contribution in [1.82, 2.24) is 10.2 Å². The van der Waals surface area contributed by atoms with E-state index in [0.717, 1.165) is 19.3 Å². The van der Waals surface area contributed by atoms with E-state index in [1.165, 1.54) is 0 Å². The highest BCUT2D eigenvalue weighted by atomic mass is 16.4. The summed E-state index contributed by atoms with van der Waals surface area (Å²) >= 11 is 0. The number of carbonyl (C=O) groups is 2. The van der Waals surface area contributed by atoms with E-state index in [9.17, 15) is 14.7 Å². The molecule has 3 N–H and O–H groups in total. The molecular formula is C15H28N2O4. The fraction of sp³-hybridized carbons (Fsp3) is 0.867. The van der Waals surface area contributed by atoms with Gasteiger partial charge < -0.3 is 20.4 Å². The van der Waals surface area contributed by atoms with E-state index in [4.69, 9.17) is 5.11 Å². The Morgan fingerprint density at radius 1 is 1.33 bits per heavy atom. The van der Waals surface area contributed by atoms with Crippen molar-refractivity contribution in [2.24, 2.45) is 11.3 Å². The molecule has 6 heteroatoms. The third-order valence-electron chi connectivity index (χ3n) is 3.82. The second-order valence-corrected chi connectivity index (χ2v) is 6.99. The van der Waals surface area contributed by atoms with Crippen molar-refractivity contribution < 1.29 is 19.8 Å². The van der Waals surface area contributed by atoms with Gasteiger partial charge in [-0.05, 0) is 31.1 Å². The largest absolute Gasteiger partial charge is 0.481 e. The Bertz CT molecular complexity index is 361. The Hall–Kier alpha value is -1.30. The van der Waals surface area contributed by atoms with Crippen LogP contribution in [0.25, 0.3) is 0 Å². The van der Waals surface area contributed by atoms with Crippen molar-refractivity contribution in [2.75, 3.05) is 19.7 Å². The van der Waals surface area contributed by atoms with Gasteiger partial charge in [0.1, 0.15) is 0 Å². The lowest BCUT2D eigenvalue weighted by atomic mass is 9.84. The van der Waals surface area contributed by atoms with Gasteiger partial charge in [0.25, 0.3) is 0 Å². The Labute approximate surface area is 126 Å². The molecule has 2 amide bonds. The number of aliphatic hydroxyl groups excluding tert-OH is 1. The van der Waals surface area contributed by atoms with Gasteiger partial charge in [-0.15, -0.1) is 0 Å². The van der Waals surface area contributed by atoms with E-state index in [0.29, 0.717) is 13.0 Å². The standard InChI is InChI=1S/C15H28N2O4/c1-15(2,3)9-11(13(19)20)10-16-14(21)17(7-8-18)12-5-4-6-12/h11-12,18H,4-10H2,1-3H3,(H,16,21)(H,19,20). The predicted molar refractivity (Wildman–Crippen MR) is 80.0 cm³/mol. The van der Waals surface area contributed by atoms with Crippen LogP contribution in [-0.2, 0) is 4.79 Å². The predicted octanol–water partition coefficient (Wildman–Crippen LogP) is 1.68. The molecule has 0 aromatic carbocycles. The number of urea groups is 1. The Morgan fingerprint density at radius 2 is 1.95 bits per heavy atom. The summed E-state index contributed by atoms with van der Waals surface area (Å²) in [5.41, 5.74) is -0.105. The molecule has 0 radical (unpaired) electrons. The molecule has 1 atom stereocenters. The molecule has 0 heterocycles. The number of aliphatic hydroxyl groups is 1. The molecule has 1 saturated carbocycles. The molecule has 0 aliphatic heterocycles. The first kappa shape index (κ1) is 17.8. The quantitative estimate of drug-likeness (QED) is 0.667. The van der Waals surface area contributed by atoms with Crippen molar-refractivity contribution >= 4 is 12.0 Å². The van der Waals surface area contributed by atoms with E-state index < -0.39 is 11.9 Å². The monoisotopic (exact) mass is 300 g/mol. The first-order chi connectivity index (χ1) is 9.74. The van der Waals surface area contributed by atoms with Gasteiger partial charge in [0.05, 0.1) is 12.5 Å². The smallest absolute Gasteiger partial charge is 0.317 e. The molecule has 0 aromatic heterocycles. The number of hydrogen-bond acceptors (Lipinski definition) is 3. The lowest BCUT2D eigenvalue weighted by Crippen LogP contribution is -2.51. The normalized spacial score (nSPS) is 17.0. The highest BCUT2D eigenvalue weighted by Crippen LogP contribution is 2.26. The topological polar surface area (TPSA) is 89.9 Å². The number of carboxylic acid groups (broad SMARTS) is 1. The van der Waals surface area contributed by atoms with Gasteiger partial charge in [-0.2, -0.15) is 0 Å². The fourth-order valence-electron chi connectivity index (χ4n) is 2.55. The molecule has 21 heavy (non-hydrogen) atoms. The number of rotatable bonds is 7.